The molecule has 0 aliphatic rings. The van der Waals surface area contributed by atoms with Gasteiger partial charge in [0.2, 0.25) is 0 Å². The van der Waals surface area contributed by atoms with Crippen LogP contribution in [-0.4, -0.2) is 25.7 Å². The molecule has 24 heavy (non-hydrogen) atoms. The lowest BCUT2D eigenvalue weighted by atomic mass is 10.1. The van der Waals surface area contributed by atoms with Crippen molar-refractivity contribution in [1.82, 2.24) is 5.32 Å². The summed E-state index contributed by atoms with van der Waals surface area (Å²) in [5, 5.41) is 6.42. The van der Waals surface area contributed by atoms with Gasteiger partial charge in [0.25, 0.3) is 0 Å². The molecule has 2 aromatic carbocycles. The van der Waals surface area contributed by atoms with Crippen molar-refractivity contribution in [3.8, 4) is 0 Å². The Balaban J connectivity index is 1.81. The fraction of sp³-hybridized carbons (Fsp3) is 0.316. The number of halogens is 1. The SMILES string of the molecule is CCN(CC)c1ccc(NC(=O)NCCc2ccccc2Cl)cc1. The van der Waals surface area contributed by atoms with Gasteiger partial charge in [0.15, 0.2) is 0 Å². The van der Waals surface area contributed by atoms with Crippen molar-refractivity contribution in [3.05, 3.63) is 59.1 Å². The molecule has 2 rings (SSSR count). The third-order valence-corrected chi connectivity index (χ3v) is 4.26. The van der Waals surface area contributed by atoms with Crippen LogP contribution in [0.25, 0.3) is 0 Å². The first-order chi connectivity index (χ1) is 11.6. The zero-order valence-electron chi connectivity index (χ0n) is 14.2. The molecule has 0 spiro atoms. The zero-order chi connectivity index (χ0) is 17.4. The molecule has 0 aliphatic carbocycles. The predicted molar refractivity (Wildman–Crippen MR) is 102 cm³/mol. The van der Waals surface area contributed by atoms with Crippen molar-refractivity contribution in [1.29, 1.82) is 0 Å². The Kier molecular flexibility index (Phi) is 6.94. The van der Waals surface area contributed by atoms with E-state index in [1.165, 1.54) is 0 Å². The highest BCUT2D eigenvalue weighted by Gasteiger charge is 2.05. The number of hydrogen-bond acceptors (Lipinski definition) is 2. The Labute approximate surface area is 148 Å². The zero-order valence-corrected chi connectivity index (χ0v) is 14.9. The highest BCUT2D eigenvalue weighted by atomic mass is 35.5. The van der Waals surface area contributed by atoms with Crippen molar-refractivity contribution in [2.45, 2.75) is 20.3 Å². The van der Waals surface area contributed by atoms with E-state index in [9.17, 15) is 4.79 Å². The summed E-state index contributed by atoms with van der Waals surface area (Å²) < 4.78 is 0. The van der Waals surface area contributed by atoms with Crippen LogP contribution in [0.15, 0.2) is 48.5 Å². The number of nitrogens with one attached hydrogen (secondary N) is 2. The van der Waals surface area contributed by atoms with E-state index in [1.807, 2.05) is 48.5 Å². The van der Waals surface area contributed by atoms with Crippen molar-refractivity contribution >= 4 is 29.0 Å². The molecule has 2 amide bonds. The van der Waals surface area contributed by atoms with E-state index in [-0.39, 0.29) is 6.03 Å². The van der Waals surface area contributed by atoms with Crippen LogP contribution >= 0.6 is 11.6 Å². The van der Waals surface area contributed by atoms with E-state index in [0.717, 1.165) is 35.1 Å². The van der Waals surface area contributed by atoms with Gasteiger partial charge in [-0.25, -0.2) is 4.79 Å². The highest BCUT2D eigenvalue weighted by Crippen LogP contribution is 2.18. The molecular weight excluding hydrogens is 322 g/mol. The first-order valence-corrected chi connectivity index (χ1v) is 8.65. The molecule has 2 aromatic rings. The summed E-state index contributed by atoms with van der Waals surface area (Å²) in [6.07, 6.45) is 0.702. The van der Waals surface area contributed by atoms with E-state index in [4.69, 9.17) is 11.6 Å². The lowest BCUT2D eigenvalue weighted by Crippen LogP contribution is -2.30. The number of hydrogen-bond donors (Lipinski definition) is 2. The Morgan fingerprint density at radius 1 is 1.04 bits per heavy atom. The number of amides is 2. The third kappa shape index (κ3) is 5.17. The summed E-state index contributed by atoms with van der Waals surface area (Å²) in [6.45, 7) is 6.72. The average Bonchev–Trinajstić information content (AvgIpc) is 2.59. The molecule has 0 aliphatic heterocycles. The van der Waals surface area contributed by atoms with E-state index in [2.05, 4.69) is 29.4 Å². The van der Waals surface area contributed by atoms with Gasteiger partial charge in [0.05, 0.1) is 0 Å². The van der Waals surface area contributed by atoms with Crippen LogP contribution in [0.3, 0.4) is 0 Å². The van der Waals surface area contributed by atoms with E-state index >= 15 is 0 Å². The largest absolute Gasteiger partial charge is 0.372 e. The highest BCUT2D eigenvalue weighted by molar-refractivity contribution is 6.31. The molecule has 2 N–H and O–H groups in total. The van der Waals surface area contributed by atoms with E-state index in [0.29, 0.717) is 13.0 Å². The van der Waals surface area contributed by atoms with Crippen LogP contribution in [0, 0.1) is 0 Å². The van der Waals surface area contributed by atoms with Gasteiger partial charge in [-0.3, -0.25) is 0 Å². The summed E-state index contributed by atoms with van der Waals surface area (Å²) in [6, 6.07) is 15.3. The van der Waals surface area contributed by atoms with Gasteiger partial charge in [-0.05, 0) is 56.2 Å². The number of benzene rings is 2. The maximum Gasteiger partial charge on any atom is 0.319 e. The molecular formula is C19H24ClN3O. The molecule has 0 saturated heterocycles. The Bertz CT molecular complexity index is 654. The number of carbonyl (C=O) groups excluding carboxylic acids is 1. The van der Waals surface area contributed by atoms with Crippen LogP contribution in [-0.2, 0) is 6.42 Å². The molecule has 0 aromatic heterocycles. The maximum atomic E-state index is 12.0. The predicted octanol–water partition coefficient (Wildman–Crippen LogP) is 4.55. The minimum atomic E-state index is -0.211. The van der Waals surface area contributed by atoms with Gasteiger partial charge in [0, 0.05) is 36.0 Å². The molecule has 0 bridgehead atoms. The summed E-state index contributed by atoms with van der Waals surface area (Å²) in [5.74, 6) is 0. The monoisotopic (exact) mass is 345 g/mol. The van der Waals surface area contributed by atoms with E-state index < -0.39 is 0 Å². The molecule has 0 fully saturated rings. The second-order valence-corrected chi connectivity index (χ2v) is 5.85. The molecule has 5 heteroatoms. The molecule has 0 unspecified atom stereocenters. The minimum absolute atomic E-state index is 0.211. The van der Waals surface area contributed by atoms with Crippen molar-refractivity contribution < 1.29 is 4.79 Å². The summed E-state index contributed by atoms with van der Waals surface area (Å²) in [5.41, 5.74) is 2.97. The standard InChI is InChI=1S/C19H24ClN3O/c1-3-23(4-2)17-11-9-16(10-12-17)22-19(24)21-14-13-15-7-5-6-8-18(15)20/h5-12H,3-4,13-14H2,1-2H3,(H2,21,22,24). The third-order valence-electron chi connectivity index (χ3n) is 3.89. The van der Waals surface area contributed by atoms with Crippen LogP contribution in [0.1, 0.15) is 19.4 Å². The van der Waals surface area contributed by atoms with Gasteiger partial charge >= 0.3 is 6.03 Å². The fourth-order valence-electron chi connectivity index (χ4n) is 2.53. The van der Waals surface area contributed by atoms with Crippen LogP contribution < -0.4 is 15.5 Å². The van der Waals surface area contributed by atoms with Crippen LogP contribution in [0.2, 0.25) is 5.02 Å². The Hall–Kier alpha value is -2.20. The number of rotatable bonds is 7. The second-order valence-electron chi connectivity index (χ2n) is 5.44. The molecule has 0 radical (unpaired) electrons. The summed E-state index contributed by atoms with van der Waals surface area (Å²) >= 11 is 6.10. The second kappa shape index (κ2) is 9.18. The normalized spacial score (nSPS) is 10.3. The summed E-state index contributed by atoms with van der Waals surface area (Å²) in [7, 11) is 0. The summed E-state index contributed by atoms with van der Waals surface area (Å²) in [4.78, 5) is 14.2. The van der Waals surface area contributed by atoms with Gasteiger partial charge < -0.3 is 15.5 Å². The minimum Gasteiger partial charge on any atom is -0.372 e. The molecule has 0 saturated carbocycles. The first kappa shape index (κ1) is 18.1. The van der Waals surface area contributed by atoms with Crippen LogP contribution in [0.5, 0.6) is 0 Å². The van der Waals surface area contributed by atoms with Crippen LogP contribution in [0.4, 0.5) is 16.2 Å². The lowest BCUT2D eigenvalue weighted by molar-refractivity contribution is 0.252. The maximum absolute atomic E-state index is 12.0. The molecule has 128 valence electrons. The molecule has 0 atom stereocenters. The number of carbonyl (C=O) groups is 1. The molecule has 0 heterocycles. The van der Waals surface area contributed by atoms with Crippen molar-refractivity contribution in [3.63, 3.8) is 0 Å². The smallest absolute Gasteiger partial charge is 0.319 e. The van der Waals surface area contributed by atoms with Gasteiger partial charge in [-0.2, -0.15) is 0 Å². The first-order valence-electron chi connectivity index (χ1n) is 8.27. The number of anilines is 2. The average molecular weight is 346 g/mol. The van der Waals surface area contributed by atoms with Crippen molar-refractivity contribution in [2.24, 2.45) is 0 Å². The van der Waals surface area contributed by atoms with Gasteiger partial charge in [0.1, 0.15) is 0 Å². The van der Waals surface area contributed by atoms with E-state index in [1.54, 1.807) is 0 Å². The molecule has 4 nitrogen and oxygen atoms in total. The number of urea groups is 1. The number of nitrogens with zero attached hydrogens (tertiary/aromatic N) is 1. The topological polar surface area (TPSA) is 44.4 Å². The van der Waals surface area contributed by atoms with Gasteiger partial charge in [-0.1, -0.05) is 29.8 Å². The quantitative estimate of drug-likeness (QED) is 0.773. The Morgan fingerprint density at radius 3 is 2.33 bits per heavy atom. The Morgan fingerprint density at radius 2 is 1.71 bits per heavy atom. The lowest BCUT2D eigenvalue weighted by Gasteiger charge is -2.21. The van der Waals surface area contributed by atoms with Crippen molar-refractivity contribution in [2.75, 3.05) is 29.9 Å². The van der Waals surface area contributed by atoms with Gasteiger partial charge in [-0.15, -0.1) is 0 Å². The fourth-order valence-corrected chi connectivity index (χ4v) is 2.76.